The van der Waals surface area contributed by atoms with Gasteiger partial charge in [0, 0.05) is 12.7 Å². The van der Waals surface area contributed by atoms with E-state index in [4.69, 9.17) is 9.47 Å². The van der Waals surface area contributed by atoms with Gasteiger partial charge in [-0.1, -0.05) is 6.07 Å². The summed E-state index contributed by atoms with van der Waals surface area (Å²) >= 11 is 3.51. The summed E-state index contributed by atoms with van der Waals surface area (Å²) in [5.74, 6) is 2.84. The van der Waals surface area contributed by atoms with E-state index in [1.54, 1.807) is 14.2 Å². The second-order valence-corrected chi connectivity index (χ2v) is 6.76. The second-order valence-electron chi connectivity index (χ2n) is 5.91. The highest BCUT2D eigenvalue weighted by Gasteiger charge is 2.11. The van der Waals surface area contributed by atoms with Crippen LogP contribution in [0.15, 0.2) is 46.0 Å². The van der Waals surface area contributed by atoms with E-state index < -0.39 is 0 Å². The molecule has 156 valence electrons. The number of methoxy groups -OCH3 is 2. The first-order valence-corrected chi connectivity index (χ1v) is 9.66. The fraction of sp³-hybridized carbons (Fsp3) is 0.316. The normalized spacial score (nSPS) is 11.1. The number of benzene rings is 1. The lowest BCUT2D eigenvalue weighted by Crippen LogP contribution is -2.37. The van der Waals surface area contributed by atoms with Crippen molar-refractivity contribution in [3.8, 4) is 11.5 Å². The minimum absolute atomic E-state index is 0. The highest BCUT2D eigenvalue weighted by atomic mass is 127. The molecule has 0 aliphatic carbocycles. The van der Waals surface area contributed by atoms with E-state index in [-0.39, 0.29) is 24.0 Å². The van der Waals surface area contributed by atoms with Gasteiger partial charge in [-0.05, 0) is 52.7 Å². The average Bonchev–Trinajstić information content (AvgIpc) is 3.12. The Morgan fingerprint density at radius 3 is 2.72 bits per heavy atom. The Hall–Kier alpha value is -2.08. The largest absolute Gasteiger partial charge is 0.493 e. The Morgan fingerprint density at radius 2 is 2.00 bits per heavy atom. The van der Waals surface area contributed by atoms with Gasteiger partial charge in [0.2, 0.25) is 0 Å². The first kappa shape index (κ1) is 23.2. The number of aromatic nitrogens is 3. The van der Waals surface area contributed by atoms with E-state index >= 15 is 0 Å². The van der Waals surface area contributed by atoms with E-state index in [2.05, 4.69) is 41.8 Å². The molecule has 2 heterocycles. The summed E-state index contributed by atoms with van der Waals surface area (Å²) < 4.78 is 13.5. The molecular formula is C19H24BrIN6O2. The summed E-state index contributed by atoms with van der Waals surface area (Å²) in [5.41, 5.74) is 1.81. The summed E-state index contributed by atoms with van der Waals surface area (Å²) in [7, 11) is 3.23. The van der Waals surface area contributed by atoms with Gasteiger partial charge >= 0.3 is 0 Å². The molecule has 0 aliphatic heterocycles. The first-order valence-electron chi connectivity index (χ1n) is 8.87. The molecule has 1 aromatic carbocycles. The third kappa shape index (κ3) is 5.72. The van der Waals surface area contributed by atoms with Crippen molar-refractivity contribution in [2.24, 2.45) is 4.99 Å². The molecule has 0 radical (unpaired) electrons. The van der Waals surface area contributed by atoms with E-state index in [0.29, 0.717) is 30.5 Å². The third-order valence-electron chi connectivity index (χ3n) is 4.06. The van der Waals surface area contributed by atoms with Gasteiger partial charge in [-0.25, -0.2) is 4.99 Å². The van der Waals surface area contributed by atoms with Gasteiger partial charge in [0.1, 0.15) is 0 Å². The number of aliphatic imine (C=N–C) groups is 1. The number of ether oxygens (including phenoxy) is 2. The lowest BCUT2D eigenvalue weighted by molar-refractivity contribution is 0.352. The molecule has 0 spiro atoms. The van der Waals surface area contributed by atoms with E-state index in [1.165, 1.54) is 0 Å². The number of pyridine rings is 1. The minimum atomic E-state index is 0. The smallest absolute Gasteiger partial charge is 0.191 e. The maximum atomic E-state index is 5.40. The second kappa shape index (κ2) is 11.2. The van der Waals surface area contributed by atoms with Crippen LogP contribution in [0.25, 0.3) is 5.65 Å². The first-order chi connectivity index (χ1) is 13.7. The van der Waals surface area contributed by atoms with Crippen LogP contribution in [0.2, 0.25) is 0 Å². The summed E-state index contributed by atoms with van der Waals surface area (Å²) in [6, 6.07) is 9.70. The fourth-order valence-corrected chi connectivity index (χ4v) is 3.40. The van der Waals surface area contributed by atoms with Crippen LogP contribution in [0.5, 0.6) is 11.5 Å². The number of guanidine groups is 1. The van der Waals surface area contributed by atoms with Crippen molar-refractivity contribution in [1.29, 1.82) is 0 Å². The van der Waals surface area contributed by atoms with E-state index in [9.17, 15) is 0 Å². The number of hydrogen-bond acceptors (Lipinski definition) is 5. The van der Waals surface area contributed by atoms with Crippen LogP contribution >= 0.6 is 39.9 Å². The third-order valence-corrected chi connectivity index (χ3v) is 4.64. The molecule has 0 aliphatic rings. The molecule has 2 aromatic heterocycles. The van der Waals surface area contributed by atoms with Crippen molar-refractivity contribution in [1.82, 2.24) is 25.2 Å². The van der Waals surface area contributed by atoms with Gasteiger partial charge in [-0.15, -0.1) is 34.2 Å². The Balaban J connectivity index is 0.00000300. The number of rotatable bonds is 7. The Labute approximate surface area is 195 Å². The van der Waals surface area contributed by atoms with Gasteiger partial charge in [-0.3, -0.25) is 4.40 Å². The van der Waals surface area contributed by atoms with Gasteiger partial charge in [0.05, 0.1) is 31.8 Å². The van der Waals surface area contributed by atoms with Gasteiger partial charge in [0.15, 0.2) is 28.9 Å². The topological polar surface area (TPSA) is 85.1 Å². The Bertz CT molecular complexity index is 978. The molecule has 2 N–H and O–H groups in total. The standard InChI is InChI=1S/C19H23BrN6O2.HI/c1-4-21-19(23-12-17-25-24-16-7-5-6-8-26(16)17)22-11-13-9-14(20)18(28-3)15(10-13)27-2;/h5-10H,4,11-12H2,1-3H3,(H2,21,22,23);1H. The maximum absolute atomic E-state index is 5.40. The maximum Gasteiger partial charge on any atom is 0.191 e. The van der Waals surface area contributed by atoms with Crippen molar-refractivity contribution < 1.29 is 9.47 Å². The molecule has 10 heteroatoms. The quantitative estimate of drug-likeness (QED) is 0.256. The Kier molecular flexibility index (Phi) is 8.96. The van der Waals surface area contributed by atoms with Crippen LogP contribution in [0.4, 0.5) is 0 Å². The van der Waals surface area contributed by atoms with Crippen LogP contribution in [0.3, 0.4) is 0 Å². The highest BCUT2D eigenvalue weighted by Crippen LogP contribution is 2.36. The summed E-state index contributed by atoms with van der Waals surface area (Å²) in [6.45, 7) is 3.76. The fourth-order valence-electron chi connectivity index (χ4n) is 2.75. The zero-order valence-corrected chi connectivity index (χ0v) is 20.4. The van der Waals surface area contributed by atoms with Crippen molar-refractivity contribution in [3.63, 3.8) is 0 Å². The van der Waals surface area contributed by atoms with Crippen LogP contribution in [0, 0.1) is 0 Å². The highest BCUT2D eigenvalue weighted by molar-refractivity contribution is 14.0. The van der Waals surface area contributed by atoms with Crippen LogP contribution in [0.1, 0.15) is 18.3 Å². The van der Waals surface area contributed by atoms with Crippen molar-refractivity contribution in [2.45, 2.75) is 20.0 Å². The molecule has 3 rings (SSSR count). The summed E-state index contributed by atoms with van der Waals surface area (Å²) in [6.07, 6.45) is 1.94. The lowest BCUT2D eigenvalue weighted by Gasteiger charge is -2.13. The molecule has 0 atom stereocenters. The van der Waals surface area contributed by atoms with Gasteiger partial charge in [0.25, 0.3) is 0 Å². The molecule has 29 heavy (non-hydrogen) atoms. The molecule has 0 unspecified atom stereocenters. The van der Waals surface area contributed by atoms with Crippen molar-refractivity contribution in [3.05, 3.63) is 52.4 Å². The number of nitrogens with one attached hydrogen (secondary N) is 2. The van der Waals surface area contributed by atoms with Gasteiger partial charge in [-0.2, -0.15) is 0 Å². The molecule has 0 amide bonds. The van der Waals surface area contributed by atoms with Gasteiger partial charge < -0.3 is 20.1 Å². The molecule has 0 fully saturated rings. The minimum Gasteiger partial charge on any atom is -0.493 e. The van der Waals surface area contributed by atoms with Crippen LogP contribution in [-0.4, -0.2) is 41.3 Å². The Morgan fingerprint density at radius 1 is 1.17 bits per heavy atom. The zero-order valence-electron chi connectivity index (χ0n) is 16.5. The number of halogens is 2. The predicted octanol–water partition coefficient (Wildman–Crippen LogP) is 3.38. The summed E-state index contributed by atoms with van der Waals surface area (Å²) in [5, 5.41) is 14.9. The van der Waals surface area contributed by atoms with Crippen LogP contribution in [-0.2, 0) is 13.1 Å². The van der Waals surface area contributed by atoms with Crippen molar-refractivity contribution in [2.75, 3.05) is 20.8 Å². The summed E-state index contributed by atoms with van der Waals surface area (Å²) in [4.78, 5) is 4.66. The molecule has 8 nitrogen and oxygen atoms in total. The monoisotopic (exact) mass is 574 g/mol. The SMILES string of the molecule is CCNC(=NCc1cc(Br)c(OC)c(OC)c1)NCc1nnc2ccccn12.I. The average molecular weight is 575 g/mol. The lowest BCUT2D eigenvalue weighted by atomic mass is 10.2. The van der Waals surface area contributed by atoms with Crippen LogP contribution < -0.4 is 20.1 Å². The molecule has 3 aromatic rings. The van der Waals surface area contributed by atoms with E-state index in [0.717, 1.165) is 28.1 Å². The number of fused-ring (bicyclic) bond motifs is 1. The molecule has 0 saturated carbocycles. The zero-order chi connectivity index (χ0) is 19.9. The number of hydrogen-bond donors (Lipinski definition) is 2. The van der Waals surface area contributed by atoms with E-state index in [1.807, 2.05) is 47.9 Å². The molecule has 0 bridgehead atoms. The van der Waals surface area contributed by atoms with Crippen molar-refractivity contribution >= 4 is 51.5 Å². The molecule has 0 saturated heterocycles. The molecular weight excluding hydrogens is 551 g/mol. The number of nitrogens with zero attached hydrogens (tertiary/aromatic N) is 4. The predicted molar refractivity (Wildman–Crippen MR) is 127 cm³/mol.